The number of nitrogens with two attached hydrogens (primary N) is 3. The van der Waals surface area contributed by atoms with Gasteiger partial charge in [-0.3, -0.25) is 46.9 Å². The van der Waals surface area contributed by atoms with Crippen LogP contribution in [0.2, 0.25) is 0 Å². The van der Waals surface area contributed by atoms with Crippen molar-refractivity contribution in [3.63, 3.8) is 0 Å². The molecule has 3 aliphatic rings. The van der Waals surface area contributed by atoms with Gasteiger partial charge in [-0.25, -0.2) is 38.2 Å². The van der Waals surface area contributed by atoms with Gasteiger partial charge in [-0.2, -0.15) is 13.6 Å². The van der Waals surface area contributed by atoms with Gasteiger partial charge in [0.25, 0.3) is 17.1 Å². The third-order valence-corrected chi connectivity index (χ3v) is 18.4. The Balaban J connectivity index is 0.892. The van der Waals surface area contributed by atoms with E-state index < -0.39 is 142 Å². The number of nitrogens with zero attached hydrogens (tertiary/aromatic N) is 13. The number of aryl methyl sites for hydroxylation is 1. The molecule has 0 radical (unpaired) electrons. The minimum atomic E-state index is -6.24. The molecule has 3 fully saturated rings. The van der Waals surface area contributed by atoms with E-state index in [0.717, 1.165) is 30.7 Å². The highest BCUT2D eigenvalue weighted by molar-refractivity contribution is 7.66. The van der Waals surface area contributed by atoms with Crippen molar-refractivity contribution in [2.24, 2.45) is 18.1 Å². The highest BCUT2D eigenvalue weighted by Gasteiger charge is 2.58. The van der Waals surface area contributed by atoms with Gasteiger partial charge >= 0.3 is 36.7 Å². The van der Waals surface area contributed by atoms with E-state index in [1.165, 1.54) is 27.1 Å². The molecule has 0 amide bonds. The molecule has 6 aromatic heterocycles. The fourth-order valence-corrected chi connectivity index (χ4v) is 14.2. The number of nitrogen functional groups attached to an aromatic ring is 3. The van der Waals surface area contributed by atoms with Crippen molar-refractivity contribution in [1.29, 1.82) is 0 Å². The molecule has 0 bridgehead atoms. The molecule has 40 nitrogen and oxygen atoms in total. The fraction of sp³-hybridized carbons (Fsp3) is 0.545. The maximum Gasteiger partial charge on any atom is 0.490 e. The van der Waals surface area contributed by atoms with Crippen molar-refractivity contribution in [3.8, 4) is 0 Å². The van der Waals surface area contributed by atoms with Crippen molar-refractivity contribution >= 4 is 82.3 Å². The molecule has 3 aliphatic heterocycles. The lowest BCUT2D eigenvalue weighted by Gasteiger charge is -2.28. The summed E-state index contributed by atoms with van der Waals surface area (Å²) >= 11 is 0. The van der Waals surface area contributed by atoms with Gasteiger partial charge in [-0.15, -0.1) is 0 Å². The third-order valence-electron chi connectivity index (χ3n) is 12.3. The summed E-state index contributed by atoms with van der Waals surface area (Å²) in [5, 5.41) is 36.6. The molecule has 15 N–H and O–H groups in total. The first-order valence-electron chi connectivity index (χ1n) is 21.9. The van der Waals surface area contributed by atoms with Crippen LogP contribution in [0.25, 0.3) is 43.9 Å². The monoisotopic (exact) mass is 1170 g/mol. The number of azide groups is 1. The lowest BCUT2D eigenvalue weighted by atomic mass is 9.98. The number of H-pyrrole nitrogens is 2. The van der Waals surface area contributed by atoms with Crippen LogP contribution in [0.5, 0.6) is 0 Å². The number of aliphatic hydroxyl groups is 3. The average molecular weight is 1170 g/mol. The number of nitrogens with one attached hydrogen (secondary N) is 2. The molecule has 6 aromatic rings. The number of aromatic amines is 2. The van der Waals surface area contributed by atoms with E-state index in [1.54, 1.807) is 0 Å². The number of rotatable bonds is 20. The second kappa shape index (κ2) is 21.1. The van der Waals surface area contributed by atoms with E-state index in [1.807, 2.05) is 0 Å². The van der Waals surface area contributed by atoms with Crippen LogP contribution >= 0.6 is 31.1 Å². The molecule has 4 unspecified atom stereocenters. The summed E-state index contributed by atoms with van der Waals surface area (Å²) in [6, 6.07) is 0. The van der Waals surface area contributed by atoms with E-state index in [-0.39, 0.29) is 51.2 Å². The summed E-state index contributed by atoms with van der Waals surface area (Å²) in [6.45, 7) is -3.86. The second-order valence-corrected chi connectivity index (χ2v) is 23.7. The van der Waals surface area contributed by atoms with Gasteiger partial charge < -0.3 is 75.6 Å². The molecule has 77 heavy (non-hydrogen) atoms. The Bertz CT molecular complexity index is 3610. The van der Waals surface area contributed by atoms with Crippen LogP contribution in [-0.2, 0) is 66.4 Å². The Labute approximate surface area is 426 Å². The van der Waals surface area contributed by atoms with E-state index in [2.05, 4.69) is 58.5 Å². The smallest absolute Gasteiger partial charge is 0.387 e. The van der Waals surface area contributed by atoms with Crippen LogP contribution in [0.15, 0.2) is 40.0 Å². The summed E-state index contributed by atoms with van der Waals surface area (Å²) in [7, 11) is -20.9. The van der Waals surface area contributed by atoms with Crippen LogP contribution in [0.4, 0.5) is 17.7 Å². The zero-order valence-electron chi connectivity index (χ0n) is 39.2. The van der Waals surface area contributed by atoms with E-state index in [4.69, 9.17) is 55.3 Å². The van der Waals surface area contributed by atoms with Crippen LogP contribution in [0.1, 0.15) is 18.7 Å². The van der Waals surface area contributed by atoms with Gasteiger partial charge in [-0.1, -0.05) is 10.1 Å². The molecule has 0 saturated carbocycles. The Hall–Kier alpha value is -5.76. The number of imidazole rings is 3. The minimum Gasteiger partial charge on any atom is -0.387 e. The Morgan fingerprint density at radius 2 is 1.38 bits per heavy atom. The van der Waals surface area contributed by atoms with Crippen LogP contribution < -0.4 is 32.9 Å². The number of fused-ring (bicyclic) bond motifs is 3. The fourth-order valence-electron chi connectivity index (χ4n) is 8.93. The number of aromatic nitrogens is 12. The molecule has 418 valence electrons. The van der Waals surface area contributed by atoms with Gasteiger partial charge in [0.1, 0.15) is 54.1 Å². The average Bonchev–Trinajstić information content (AvgIpc) is 4.26. The standard InChI is InChI=1S/C33H44N18O22P4/c1-48-10-51(26-17(48)28(56)46-33(36)44-26)29-18(52)11(3-42-47-37)12(69-29)4-67-75(59,60)72-77(63,64)73-76(61,62)68-6-14-22(21(65-2)31(71-14)49-8-40-15-23(34)38-7-39-24(15)49)74(57,58)66-5-13-19(53)20(54)30(70-13)50-9-41-16-25(50)43-32(35)45-27(16)55/h7-14,18-22,29-31,52-54H,3-6H2,1-2H3,(H11-,34,35,36,38,39,43,44,45,46,55,56,57,58,59,60,61,62,63,64)/p+1/t11-,12-,13-,14-,18-,19-,20-,21-,22-,29-,30-,31-/m1/s1. The third kappa shape index (κ3) is 11.0. The highest BCUT2D eigenvalue weighted by atomic mass is 31.3. The van der Waals surface area contributed by atoms with E-state index >= 15 is 0 Å². The van der Waals surface area contributed by atoms with Crippen molar-refractivity contribution in [3.05, 3.63) is 56.5 Å². The zero-order valence-corrected chi connectivity index (χ0v) is 42.7. The Kier molecular flexibility index (Phi) is 15.4. The number of methoxy groups -OCH3 is 1. The molecule has 0 aliphatic carbocycles. The Morgan fingerprint density at radius 1 is 0.766 bits per heavy atom. The number of hydrogen-bond donors (Lipinski definition) is 12. The van der Waals surface area contributed by atoms with E-state index in [9.17, 15) is 62.7 Å². The number of anilines is 3. The highest BCUT2D eigenvalue weighted by Crippen LogP contribution is 2.68. The summed E-state index contributed by atoms with van der Waals surface area (Å²) in [4.78, 5) is 99.7. The molecular formula is C33H45N18O22P4+. The van der Waals surface area contributed by atoms with Crippen molar-refractivity contribution < 1.29 is 98.9 Å². The summed E-state index contributed by atoms with van der Waals surface area (Å²) in [5.74, 6) is -1.96. The van der Waals surface area contributed by atoms with Gasteiger partial charge in [0.05, 0.1) is 45.6 Å². The van der Waals surface area contributed by atoms with Crippen molar-refractivity contribution in [2.75, 3.05) is 50.7 Å². The summed E-state index contributed by atoms with van der Waals surface area (Å²) in [6.07, 6.45) is -11.8. The lowest BCUT2D eigenvalue weighted by molar-refractivity contribution is -0.745. The topological polar surface area (TPSA) is 582 Å². The first kappa shape index (κ1) is 56.0. The predicted molar refractivity (Wildman–Crippen MR) is 249 cm³/mol. The summed E-state index contributed by atoms with van der Waals surface area (Å²) < 4.78 is 106. The number of phosphoric ester groups is 2. The predicted octanol–water partition coefficient (Wildman–Crippen LogP) is -3.08. The SMILES string of the molecule is CO[C@@H]1[C@H](P(=O)(O)OC[C@H]2O[C@@H](n3cnc4c(=O)[nH]c(N)nc43)[C@H](O)[C@@H]2O)[C@@H](COP(=O)(O)OP(=O)(O)OP(=O)(O)OC[C@H]2O[C@@H]([n+]3cn(C)c4c(=O)[nH]c(N)nc43)[C@H](O)[C@@H]2CN=[N+]=[N-])O[C@H]1n1cnc2c(N)ncnc21. The van der Waals surface area contributed by atoms with Crippen molar-refractivity contribution in [1.82, 2.24) is 53.6 Å². The number of hydrogen-bond acceptors (Lipinski definition) is 28. The van der Waals surface area contributed by atoms with Crippen LogP contribution in [0, 0.1) is 5.92 Å². The van der Waals surface area contributed by atoms with Gasteiger partial charge in [-0.05, 0) is 5.53 Å². The Morgan fingerprint density at radius 3 is 2.05 bits per heavy atom. The normalized spacial score (nSPS) is 29.8. The number of ether oxygens (including phenoxy) is 4. The lowest BCUT2D eigenvalue weighted by Crippen LogP contribution is -2.45. The first-order chi connectivity index (χ1) is 36.2. The molecular weight excluding hydrogens is 1120 g/mol. The van der Waals surface area contributed by atoms with E-state index in [0.29, 0.717) is 0 Å². The summed E-state index contributed by atoms with van der Waals surface area (Å²) in [5.41, 5.74) is 22.5. The maximum absolute atomic E-state index is 14.4. The maximum atomic E-state index is 14.4. The quantitative estimate of drug-likeness (QED) is 0.0119. The van der Waals surface area contributed by atoms with Crippen LogP contribution in [-0.4, -0.2) is 170 Å². The van der Waals surface area contributed by atoms with Gasteiger partial charge in [0.2, 0.25) is 17.7 Å². The molecule has 3 saturated heterocycles. The number of aliphatic hydroxyl groups excluding tert-OH is 3. The molecule has 16 atom stereocenters. The molecule has 0 spiro atoms. The zero-order chi connectivity index (χ0) is 55.7. The number of phosphoric acid groups is 3. The molecule has 9 rings (SSSR count). The second-order valence-electron chi connectivity index (χ2n) is 17.1. The van der Waals surface area contributed by atoms with Crippen molar-refractivity contribution in [2.45, 2.75) is 67.1 Å². The first-order valence-corrected chi connectivity index (χ1v) is 28.0. The largest absolute Gasteiger partial charge is 0.490 e. The molecule has 9 heterocycles. The molecule has 44 heteroatoms. The van der Waals surface area contributed by atoms with Gasteiger partial charge in [0, 0.05) is 24.5 Å². The minimum absolute atomic E-state index is 0.0115. The molecule has 0 aromatic carbocycles. The van der Waals surface area contributed by atoms with Crippen LogP contribution in [0.3, 0.4) is 0 Å². The van der Waals surface area contributed by atoms with Gasteiger partial charge in [0.15, 0.2) is 41.4 Å².